The van der Waals surface area contributed by atoms with Crippen molar-refractivity contribution in [2.45, 2.75) is 24.2 Å². The van der Waals surface area contributed by atoms with Gasteiger partial charge in [0.1, 0.15) is 29.6 Å². The molecule has 2 heterocycles. The highest BCUT2D eigenvalue weighted by Gasteiger charge is 2.58. The van der Waals surface area contributed by atoms with E-state index >= 15 is 8.78 Å². The molecule has 4 aromatic rings. The zero-order valence-electron chi connectivity index (χ0n) is 18.5. The molecule has 0 spiro atoms. The number of pyridine rings is 1. The van der Waals surface area contributed by atoms with Crippen LogP contribution in [-0.4, -0.2) is 43.1 Å². The minimum atomic E-state index is -4.51. The molecule has 0 fully saturated rings. The van der Waals surface area contributed by atoms with Gasteiger partial charge in [-0.3, -0.25) is 4.98 Å². The average molecular weight is 527 g/mol. The number of aliphatic hydroxyl groups is 1. The lowest BCUT2D eigenvalue weighted by atomic mass is 9.84. The van der Waals surface area contributed by atoms with Crippen molar-refractivity contribution in [2.24, 2.45) is 0 Å². The molecule has 1 atom stereocenters. The van der Waals surface area contributed by atoms with Crippen LogP contribution in [0.4, 0.5) is 30.7 Å². The van der Waals surface area contributed by atoms with Gasteiger partial charge in [0.15, 0.2) is 18.5 Å². The Morgan fingerprint density at radius 3 is 2.16 bits per heavy atom. The van der Waals surface area contributed by atoms with Gasteiger partial charge in [-0.1, -0.05) is 18.2 Å². The number of rotatable bonds is 8. The van der Waals surface area contributed by atoms with E-state index in [-0.39, 0.29) is 5.75 Å². The van der Waals surface area contributed by atoms with Crippen molar-refractivity contribution in [3.05, 3.63) is 90.0 Å². The lowest BCUT2D eigenvalue weighted by Gasteiger charge is -2.35. The predicted octanol–water partition coefficient (Wildman–Crippen LogP) is 4.63. The van der Waals surface area contributed by atoms with Gasteiger partial charge in [0.25, 0.3) is 0 Å². The first-order valence-corrected chi connectivity index (χ1v) is 10.4. The second-order valence-corrected chi connectivity index (χ2v) is 7.89. The third-order valence-electron chi connectivity index (χ3n) is 5.33. The highest BCUT2D eigenvalue weighted by atomic mass is 19.4. The van der Waals surface area contributed by atoms with E-state index in [1.807, 2.05) is 0 Å². The molecule has 0 saturated heterocycles. The van der Waals surface area contributed by atoms with E-state index in [1.165, 1.54) is 30.3 Å². The summed E-state index contributed by atoms with van der Waals surface area (Å²) in [5.74, 6) is -6.76. The molecule has 0 radical (unpaired) electrons. The molecule has 37 heavy (non-hydrogen) atoms. The third-order valence-corrected chi connectivity index (χ3v) is 5.33. The summed E-state index contributed by atoms with van der Waals surface area (Å²) in [7, 11) is 0. The first-order chi connectivity index (χ1) is 17.4. The van der Waals surface area contributed by atoms with Crippen LogP contribution >= 0.6 is 0 Å². The molecule has 2 aromatic heterocycles. The summed E-state index contributed by atoms with van der Waals surface area (Å²) >= 11 is 0. The SMILES string of the molecule is O[C@@](Cn1ncnn1)(c1ccc(F)cc1F)C(F)(F)c1ccc(-c2ccc(OCC(F)(F)F)cc2)cn1. The maximum atomic E-state index is 15.8. The van der Waals surface area contributed by atoms with Crippen molar-refractivity contribution < 1.29 is 40.6 Å². The summed E-state index contributed by atoms with van der Waals surface area (Å²) in [6.07, 6.45) is -2.54. The van der Waals surface area contributed by atoms with Crippen LogP contribution in [0.1, 0.15) is 11.3 Å². The largest absolute Gasteiger partial charge is 0.484 e. The maximum Gasteiger partial charge on any atom is 0.422 e. The number of benzene rings is 2. The molecule has 0 aliphatic rings. The fourth-order valence-corrected chi connectivity index (χ4v) is 3.52. The molecule has 4 rings (SSSR count). The van der Waals surface area contributed by atoms with Gasteiger partial charge >= 0.3 is 12.1 Å². The van der Waals surface area contributed by atoms with E-state index in [9.17, 15) is 27.1 Å². The van der Waals surface area contributed by atoms with E-state index in [0.717, 1.165) is 18.6 Å². The predicted molar refractivity (Wildman–Crippen MR) is 113 cm³/mol. The van der Waals surface area contributed by atoms with Crippen LogP contribution in [0.3, 0.4) is 0 Å². The first-order valence-electron chi connectivity index (χ1n) is 10.4. The molecule has 0 amide bonds. The molecule has 0 unspecified atom stereocenters. The summed E-state index contributed by atoms with van der Waals surface area (Å²) in [5.41, 5.74) is -4.44. The number of hydrogen-bond acceptors (Lipinski definition) is 6. The Hall–Kier alpha value is -4.07. The molecule has 1 N–H and O–H groups in total. The van der Waals surface area contributed by atoms with Crippen LogP contribution < -0.4 is 4.74 Å². The van der Waals surface area contributed by atoms with Crippen molar-refractivity contribution in [1.29, 1.82) is 0 Å². The summed E-state index contributed by atoms with van der Waals surface area (Å²) in [5, 5.41) is 21.6. The van der Waals surface area contributed by atoms with Crippen LogP contribution in [0.25, 0.3) is 11.1 Å². The van der Waals surface area contributed by atoms with Gasteiger partial charge in [-0.05, 0) is 41.1 Å². The monoisotopic (exact) mass is 527 g/mol. The van der Waals surface area contributed by atoms with Gasteiger partial charge in [-0.15, -0.1) is 10.2 Å². The topological polar surface area (TPSA) is 86.0 Å². The van der Waals surface area contributed by atoms with E-state index in [4.69, 9.17) is 0 Å². The minimum absolute atomic E-state index is 0.0507. The van der Waals surface area contributed by atoms with E-state index in [2.05, 4.69) is 25.1 Å². The summed E-state index contributed by atoms with van der Waals surface area (Å²) < 4.78 is 101. The van der Waals surface area contributed by atoms with Gasteiger partial charge in [0, 0.05) is 23.4 Å². The lowest BCUT2D eigenvalue weighted by molar-refractivity contribution is -0.209. The normalized spacial score (nSPS) is 13.8. The molecule has 194 valence electrons. The molecule has 0 aliphatic heterocycles. The van der Waals surface area contributed by atoms with Crippen molar-refractivity contribution in [3.63, 3.8) is 0 Å². The number of halogens is 7. The number of tetrazole rings is 1. The van der Waals surface area contributed by atoms with Gasteiger partial charge in [0.2, 0.25) is 0 Å². The van der Waals surface area contributed by atoms with Gasteiger partial charge in [0.05, 0.1) is 0 Å². The first kappa shape index (κ1) is 26.0. The number of ether oxygens (including phenoxy) is 1. The lowest BCUT2D eigenvalue weighted by Crippen LogP contribution is -2.48. The fraction of sp³-hybridized carbons (Fsp3) is 0.217. The molecule has 2 aromatic carbocycles. The van der Waals surface area contributed by atoms with Gasteiger partial charge in [-0.25, -0.2) is 8.78 Å². The van der Waals surface area contributed by atoms with E-state index < -0.39 is 53.7 Å². The van der Waals surface area contributed by atoms with Crippen molar-refractivity contribution in [1.82, 2.24) is 25.2 Å². The van der Waals surface area contributed by atoms with Crippen LogP contribution in [-0.2, 0) is 18.1 Å². The highest BCUT2D eigenvalue weighted by molar-refractivity contribution is 5.63. The average Bonchev–Trinajstić information content (AvgIpc) is 3.35. The Morgan fingerprint density at radius 1 is 0.892 bits per heavy atom. The Labute approximate surface area is 204 Å². The second kappa shape index (κ2) is 9.76. The molecular weight excluding hydrogens is 511 g/mol. The summed E-state index contributed by atoms with van der Waals surface area (Å²) in [6, 6.07) is 9.22. The Kier molecular flexibility index (Phi) is 6.86. The summed E-state index contributed by atoms with van der Waals surface area (Å²) in [4.78, 5) is 4.35. The Bertz CT molecular complexity index is 1350. The standard InChI is InChI=1S/C23H16F7N5O2/c24-16-4-7-18(19(25)9-16)21(36,11-35-33-13-32-34-35)23(29,30)20-8-3-15(10-31-20)14-1-5-17(6-2-14)37-12-22(26,27)28/h1-10,13,36H,11-12H2/t21-/m0/s1. The Balaban J connectivity index is 1.64. The zero-order chi connectivity index (χ0) is 26.8. The molecular formula is C23H16F7N5O2. The minimum Gasteiger partial charge on any atom is -0.484 e. The van der Waals surface area contributed by atoms with Crippen LogP contribution in [0.5, 0.6) is 5.75 Å². The number of nitrogens with zero attached hydrogens (tertiary/aromatic N) is 5. The zero-order valence-corrected chi connectivity index (χ0v) is 18.5. The van der Waals surface area contributed by atoms with Crippen molar-refractivity contribution in [2.75, 3.05) is 6.61 Å². The second-order valence-electron chi connectivity index (χ2n) is 7.89. The van der Waals surface area contributed by atoms with Crippen molar-refractivity contribution >= 4 is 0 Å². The number of alkyl halides is 5. The highest BCUT2D eigenvalue weighted by Crippen LogP contribution is 2.46. The van der Waals surface area contributed by atoms with Crippen LogP contribution in [0.15, 0.2) is 67.1 Å². The number of aromatic nitrogens is 5. The quantitative estimate of drug-likeness (QED) is 0.337. The molecule has 0 saturated carbocycles. The molecule has 0 aliphatic carbocycles. The van der Waals surface area contributed by atoms with E-state index in [0.29, 0.717) is 34.1 Å². The van der Waals surface area contributed by atoms with Crippen LogP contribution in [0, 0.1) is 11.6 Å². The molecule has 14 heteroatoms. The summed E-state index contributed by atoms with van der Waals surface area (Å²) in [6.45, 7) is -2.52. The number of hydrogen-bond donors (Lipinski definition) is 1. The fourth-order valence-electron chi connectivity index (χ4n) is 3.52. The van der Waals surface area contributed by atoms with Crippen molar-refractivity contribution in [3.8, 4) is 16.9 Å². The van der Waals surface area contributed by atoms with Gasteiger partial charge in [-0.2, -0.15) is 26.7 Å². The Morgan fingerprint density at radius 2 is 1.59 bits per heavy atom. The molecule has 0 bridgehead atoms. The molecule has 7 nitrogen and oxygen atoms in total. The van der Waals surface area contributed by atoms with Gasteiger partial charge < -0.3 is 9.84 Å². The smallest absolute Gasteiger partial charge is 0.422 e. The third kappa shape index (κ3) is 5.53. The maximum absolute atomic E-state index is 15.8. The van der Waals surface area contributed by atoms with Crippen LogP contribution in [0.2, 0.25) is 0 Å². The van der Waals surface area contributed by atoms with E-state index in [1.54, 1.807) is 0 Å².